The van der Waals surface area contributed by atoms with Crippen LogP contribution in [0.2, 0.25) is 0 Å². The number of azide groups is 1. The number of nitrogens with zero attached hydrogens (tertiary/aromatic N) is 6. The number of rotatable bonds is 5. The molecular formula is C18H16F2N6O3. The molecule has 1 aliphatic heterocycles. The summed E-state index contributed by atoms with van der Waals surface area (Å²) in [5.74, 6) is -1.84. The van der Waals surface area contributed by atoms with Crippen molar-refractivity contribution in [1.29, 1.82) is 0 Å². The van der Waals surface area contributed by atoms with Crippen molar-refractivity contribution in [2.45, 2.75) is 6.42 Å². The molecule has 29 heavy (non-hydrogen) atoms. The Bertz CT molecular complexity index is 961. The minimum Gasteiger partial charge on any atom is -0.363 e. The van der Waals surface area contributed by atoms with Gasteiger partial charge in [0.15, 0.2) is 0 Å². The Balaban J connectivity index is 1.62. The number of anilines is 1. The first kappa shape index (κ1) is 20.0. The fraction of sp³-hybridized carbons (Fsp3) is 0.278. The number of hydrogen-bond acceptors (Lipinski definition) is 5. The van der Waals surface area contributed by atoms with Crippen molar-refractivity contribution in [1.82, 2.24) is 4.90 Å². The van der Waals surface area contributed by atoms with E-state index in [4.69, 9.17) is 5.53 Å². The predicted molar refractivity (Wildman–Crippen MR) is 101 cm³/mol. The molecule has 1 fully saturated rings. The van der Waals surface area contributed by atoms with Gasteiger partial charge in [0.2, 0.25) is 5.91 Å². The zero-order chi connectivity index (χ0) is 21.0. The van der Waals surface area contributed by atoms with Gasteiger partial charge in [0, 0.05) is 48.9 Å². The molecular weight excluding hydrogens is 386 g/mol. The Hall–Kier alpha value is -3.72. The molecule has 150 valence electrons. The summed E-state index contributed by atoms with van der Waals surface area (Å²) >= 11 is 0. The third-order valence-electron chi connectivity index (χ3n) is 4.61. The fourth-order valence-corrected chi connectivity index (χ4v) is 3.17. The van der Waals surface area contributed by atoms with Crippen molar-refractivity contribution in [2.24, 2.45) is 5.11 Å². The molecule has 0 atom stereocenters. The van der Waals surface area contributed by atoms with Crippen LogP contribution in [0.1, 0.15) is 5.56 Å². The zero-order valence-electron chi connectivity index (χ0n) is 15.2. The van der Waals surface area contributed by atoms with Crippen molar-refractivity contribution < 1.29 is 18.5 Å². The number of benzene rings is 2. The number of hydrogen-bond donors (Lipinski definition) is 0. The van der Waals surface area contributed by atoms with Gasteiger partial charge in [-0.15, -0.1) is 0 Å². The van der Waals surface area contributed by atoms with Gasteiger partial charge in [0.25, 0.3) is 5.69 Å². The van der Waals surface area contributed by atoms with E-state index in [1.807, 2.05) is 0 Å². The molecule has 1 aliphatic rings. The van der Waals surface area contributed by atoms with Gasteiger partial charge in [-0.1, -0.05) is 17.2 Å². The smallest absolute Gasteiger partial charge is 0.269 e. The summed E-state index contributed by atoms with van der Waals surface area (Å²) in [5.41, 5.74) is 8.61. The standard InChI is InChI=1S/C18H16F2N6O3/c19-15-10-13(22-23-21)11-16(20)18(15)25-7-5-24(6-8-25)17(27)9-12-1-3-14(4-2-12)26(28)29/h1-4,10-11H,5-9H2. The monoisotopic (exact) mass is 402 g/mol. The third kappa shape index (κ3) is 4.58. The number of amides is 1. The van der Waals surface area contributed by atoms with E-state index in [1.165, 1.54) is 29.2 Å². The normalized spacial score (nSPS) is 13.7. The summed E-state index contributed by atoms with van der Waals surface area (Å²) in [5, 5.41) is 13.9. The second kappa shape index (κ2) is 8.53. The first-order chi connectivity index (χ1) is 13.9. The summed E-state index contributed by atoms with van der Waals surface area (Å²) in [6, 6.07) is 7.66. The highest BCUT2D eigenvalue weighted by Gasteiger charge is 2.25. The molecule has 2 aromatic rings. The average Bonchev–Trinajstić information content (AvgIpc) is 2.68. The van der Waals surface area contributed by atoms with E-state index in [0.717, 1.165) is 12.1 Å². The predicted octanol–water partition coefficient (Wildman–Crippen LogP) is 3.71. The zero-order valence-corrected chi connectivity index (χ0v) is 15.2. The second-order valence-electron chi connectivity index (χ2n) is 6.42. The average molecular weight is 402 g/mol. The minimum absolute atomic E-state index is 0.0506. The van der Waals surface area contributed by atoms with Crippen LogP contribution < -0.4 is 4.90 Å². The van der Waals surface area contributed by atoms with Crippen molar-refractivity contribution in [3.8, 4) is 0 Å². The largest absolute Gasteiger partial charge is 0.363 e. The van der Waals surface area contributed by atoms with Gasteiger partial charge in [-0.2, -0.15) is 0 Å². The summed E-state index contributed by atoms with van der Waals surface area (Å²) in [7, 11) is 0. The number of nitro benzene ring substituents is 1. The number of carbonyl (C=O) groups is 1. The molecule has 0 aromatic heterocycles. The maximum Gasteiger partial charge on any atom is 0.269 e. The second-order valence-corrected chi connectivity index (χ2v) is 6.42. The minimum atomic E-state index is -0.835. The van der Waals surface area contributed by atoms with E-state index in [-0.39, 0.29) is 55.6 Å². The summed E-state index contributed by atoms with van der Waals surface area (Å²) in [6.45, 7) is 1.03. The van der Waals surface area contributed by atoms with Crippen LogP contribution in [0.3, 0.4) is 0 Å². The summed E-state index contributed by atoms with van der Waals surface area (Å²) in [4.78, 5) is 28.2. The molecule has 0 saturated carbocycles. The van der Waals surface area contributed by atoms with Gasteiger partial charge < -0.3 is 9.80 Å². The molecule has 1 saturated heterocycles. The maximum absolute atomic E-state index is 14.3. The molecule has 0 unspecified atom stereocenters. The maximum atomic E-state index is 14.3. The van der Waals surface area contributed by atoms with E-state index in [0.29, 0.717) is 5.56 Å². The number of piperazine rings is 1. The first-order valence-electron chi connectivity index (χ1n) is 8.69. The highest BCUT2D eigenvalue weighted by Crippen LogP contribution is 2.29. The SMILES string of the molecule is [N-]=[N+]=Nc1cc(F)c(N2CCN(C(=O)Cc3ccc([N+](=O)[O-])cc3)CC2)c(F)c1. The Morgan fingerprint density at radius 3 is 2.24 bits per heavy atom. The molecule has 0 aliphatic carbocycles. The van der Waals surface area contributed by atoms with E-state index < -0.39 is 16.6 Å². The molecule has 11 heteroatoms. The van der Waals surface area contributed by atoms with Crippen LogP contribution >= 0.6 is 0 Å². The lowest BCUT2D eigenvalue weighted by Gasteiger charge is -2.36. The third-order valence-corrected chi connectivity index (χ3v) is 4.61. The molecule has 3 rings (SSSR count). The Morgan fingerprint density at radius 1 is 1.14 bits per heavy atom. The Kier molecular flexibility index (Phi) is 5.89. The van der Waals surface area contributed by atoms with Gasteiger partial charge in [-0.25, -0.2) is 8.78 Å². The van der Waals surface area contributed by atoms with Gasteiger partial charge in [0.1, 0.15) is 17.3 Å². The first-order valence-corrected chi connectivity index (χ1v) is 8.69. The van der Waals surface area contributed by atoms with Crippen molar-refractivity contribution in [2.75, 3.05) is 31.1 Å². The van der Waals surface area contributed by atoms with Crippen LogP contribution in [0.15, 0.2) is 41.5 Å². The van der Waals surface area contributed by atoms with Crippen LogP contribution in [0.4, 0.5) is 25.8 Å². The van der Waals surface area contributed by atoms with E-state index >= 15 is 0 Å². The highest BCUT2D eigenvalue weighted by molar-refractivity contribution is 5.79. The number of carbonyl (C=O) groups excluding carboxylic acids is 1. The lowest BCUT2D eigenvalue weighted by Crippen LogP contribution is -2.49. The van der Waals surface area contributed by atoms with E-state index in [9.17, 15) is 23.7 Å². The molecule has 9 nitrogen and oxygen atoms in total. The van der Waals surface area contributed by atoms with Gasteiger partial charge in [-0.3, -0.25) is 14.9 Å². The number of non-ortho nitro benzene ring substituents is 1. The van der Waals surface area contributed by atoms with Gasteiger partial charge in [-0.05, 0) is 23.2 Å². The topological polar surface area (TPSA) is 115 Å². The molecule has 0 N–H and O–H groups in total. The highest BCUT2D eigenvalue weighted by atomic mass is 19.1. The van der Waals surface area contributed by atoms with Crippen LogP contribution in [0.5, 0.6) is 0 Å². The van der Waals surface area contributed by atoms with Crippen molar-refractivity contribution in [3.05, 3.63) is 74.2 Å². The number of halogens is 2. The van der Waals surface area contributed by atoms with Crippen LogP contribution in [0.25, 0.3) is 10.4 Å². The van der Waals surface area contributed by atoms with Gasteiger partial charge in [0.05, 0.1) is 11.3 Å². The van der Waals surface area contributed by atoms with E-state index in [1.54, 1.807) is 4.90 Å². The molecule has 0 radical (unpaired) electrons. The Morgan fingerprint density at radius 2 is 1.72 bits per heavy atom. The lowest BCUT2D eigenvalue weighted by molar-refractivity contribution is -0.384. The van der Waals surface area contributed by atoms with Crippen molar-refractivity contribution in [3.63, 3.8) is 0 Å². The van der Waals surface area contributed by atoms with Gasteiger partial charge >= 0.3 is 0 Å². The Labute approximate surface area is 163 Å². The fourth-order valence-electron chi connectivity index (χ4n) is 3.17. The molecule has 1 heterocycles. The summed E-state index contributed by atoms with van der Waals surface area (Å²) < 4.78 is 28.5. The molecule has 1 amide bonds. The number of nitro groups is 1. The van der Waals surface area contributed by atoms with Crippen LogP contribution in [0, 0.1) is 21.7 Å². The van der Waals surface area contributed by atoms with Crippen molar-refractivity contribution >= 4 is 23.0 Å². The van der Waals surface area contributed by atoms with E-state index in [2.05, 4.69) is 10.0 Å². The van der Waals surface area contributed by atoms with Crippen LogP contribution in [-0.2, 0) is 11.2 Å². The van der Waals surface area contributed by atoms with Crippen LogP contribution in [-0.4, -0.2) is 41.9 Å². The molecule has 0 spiro atoms. The lowest BCUT2D eigenvalue weighted by atomic mass is 10.1. The summed E-state index contributed by atoms with van der Waals surface area (Å²) in [6.07, 6.45) is 0.0849. The molecule has 0 bridgehead atoms. The quantitative estimate of drug-likeness (QED) is 0.249. The molecule has 2 aromatic carbocycles.